The van der Waals surface area contributed by atoms with E-state index in [4.69, 9.17) is 10.5 Å². The summed E-state index contributed by atoms with van der Waals surface area (Å²) in [5.41, 5.74) is 7.46. The molecule has 0 spiro atoms. The molecule has 0 fully saturated rings. The molecule has 0 radical (unpaired) electrons. The Morgan fingerprint density at radius 2 is 2.23 bits per heavy atom. The average Bonchev–Trinajstić information content (AvgIpc) is 2.48. The first-order valence-corrected chi connectivity index (χ1v) is 4.45. The molecule has 74 valence electrons. The largest absolute Gasteiger partial charge is 0.378 e. The van der Waals surface area contributed by atoms with Crippen molar-refractivity contribution >= 4 is 0 Å². The number of imidazole rings is 1. The fraction of sp³-hybridized carbons (Fsp3) is 0.667. The molecule has 3 N–H and O–H groups in total. The predicted octanol–water partition coefficient (Wildman–Crippen LogP) is 1.14. The molecule has 0 atom stereocenters. The molecular weight excluding hydrogens is 166 g/mol. The van der Waals surface area contributed by atoms with E-state index in [0.717, 1.165) is 17.2 Å². The molecule has 0 aliphatic heterocycles. The minimum Gasteiger partial charge on any atom is -0.378 e. The lowest BCUT2D eigenvalue weighted by molar-refractivity contribution is 0.181. The standard InChI is InChI=1S/C9H17N3O/c1-6(2)9-11-7(4-10)8(12-9)5-13-3/h6H,4-5,10H2,1-3H3,(H,11,12). The van der Waals surface area contributed by atoms with Crippen LogP contribution in [0.4, 0.5) is 0 Å². The number of ether oxygens (including phenoxy) is 1. The van der Waals surface area contributed by atoms with Gasteiger partial charge in [0.15, 0.2) is 0 Å². The molecule has 0 unspecified atom stereocenters. The quantitative estimate of drug-likeness (QED) is 0.735. The van der Waals surface area contributed by atoms with Gasteiger partial charge in [0, 0.05) is 19.6 Å². The second-order valence-electron chi connectivity index (χ2n) is 3.34. The Balaban J connectivity index is 2.90. The van der Waals surface area contributed by atoms with E-state index in [-0.39, 0.29) is 0 Å². The number of rotatable bonds is 4. The highest BCUT2D eigenvalue weighted by atomic mass is 16.5. The van der Waals surface area contributed by atoms with Gasteiger partial charge in [0.05, 0.1) is 18.0 Å². The lowest BCUT2D eigenvalue weighted by Crippen LogP contribution is -2.01. The Kier molecular flexibility index (Phi) is 3.45. The summed E-state index contributed by atoms with van der Waals surface area (Å²) in [6.07, 6.45) is 0. The molecule has 1 aromatic rings. The number of nitrogens with two attached hydrogens (primary N) is 1. The lowest BCUT2D eigenvalue weighted by atomic mass is 10.2. The van der Waals surface area contributed by atoms with E-state index in [1.54, 1.807) is 7.11 Å². The second kappa shape index (κ2) is 4.39. The molecule has 13 heavy (non-hydrogen) atoms. The van der Waals surface area contributed by atoms with Crippen LogP contribution in [0.1, 0.15) is 37.0 Å². The Hall–Kier alpha value is -0.870. The van der Waals surface area contributed by atoms with Gasteiger partial charge >= 0.3 is 0 Å². The van der Waals surface area contributed by atoms with Crippen molar-refractivity contribution in [3.05, 3.63) is 17.2 Å². The maximum atomic E-state index is 5.56. The minimum atomic E-state index is 0.399. The zero-order valence-corrected chi connectivity index (χ0v) is 8.42. The smallest absolute Gasteiger partial charge is 0.109 e. The molecular formula is C9H17N3O. The minimum absolute atomic E-state index is 0.399. The van der Waals surface area contributed by atoms with E-state index in [1.165, 1.54) is 0 Å². The topological polar surface area (TPSA) is 63.9 Å². The zero-order chi connectivity index (χ0) is 9.84. The number of aromatic nitrogens is 2. The van der Waals surface area contributed by atoms with Gasteiger partial charge in [-0.05, 0) is 0 Å². The number of hydrogen-bond donors (Lipinski definition) is 2. The molecule has 0 aliphatic rings. The van der Waals surface area contributed by atoms with Crippen LogP contribution in [0.5, 0.6) is 0 Å². The van der Waals surface area contributed by atoms with Crippen LogP contribution >= 0.6 is 0 Å². The summed E-state index contributed by atoms with van der Waals surface area (Å²) in [5, 5.41) is 0. The fourth-order valence-electron chi connectivity index (χ4n) is 1.17. The first-order valence-electron chi connectivity index (χ1n) is 4.45. The summed E-state index contributed by atoms with van der Waals surface area (Å²) in [7, 11) is 1.66. The van der Waals surface area contributed by atoms with Crippen LogP contribution in [0.25, 0.3) is 0 Å². The molecule has 0 saturated carbocycles. The molecule has 1 aromatic heterocycles. The molecule has 0 saturated heterocycles. The monoisotopic (exact) mass is 183 g/mol. The van der Waals surface area contributed by atoms with Gasteiger partial charge in [-0.25, -0.2) is 4.98 Å². The normalized spacial score (nSPS) is 11.2. The Morgan fingerprint density at radius 3 is 2.69 bits per heavy atom. The van der Waals surface area contributed by atoms with Gasteiger partial charge < -0.3 is 15.5 Å². The van der Waals surface area contributed by atoms with Crippen molar-refractivity contribution in [1.82, 2.24) is 9.97 Å². The van der Waals surface area contributed by atoms with E-state index in [1.807, 2.05) is 0 Å². The predicted molar refractivity (Wildman–Crippen MR) is 51.3 cm³/mol. The summed E-state index contributed by atoms with van der Waals surface area (Å²) in [6, 6.07) is 0. The molecule has 1 heterocycles. The highest BCUT2D eigenvalue weighted by molar-refractivity contribution is 5.15. The summed E-state index contributed by atoms with van der Waals surface area (Å²) in [4.78, 5) is 7.60. The van der Waals surface area contributed by atoms with Crippen LogP contribution in [0.15, 0.2) is 0 Å². The SMILES string of the molecule is COCc1[nH]c(C(C)C)nc1CN. The van der Waals surface area contributed by atoms with Crippen molar-refractivity contribution in [2.24, 2.45) is 5.73 Å². The fourth-order valence-corrected chi connectivity index (χ4v) is 1.17. The Morgan fingerprint density at radius 1 is 1.54 bits per heavy atom. The van der Waals surface area contributed by atoms with E-state index < -0.39 is 0 Å². The number of nitrogens with zero attached hydrogens (tertiary/aromatic N) is 1. The van der Waals surface area contributed by atoms with E-state index in [9.17, 15) is 0 Å². The van der Waals surface area contributed by atoms with Crippen molar-refractivity contribution in [3.63, 3.8) is 0 Å². The van der Waals surface area contributed by atoms with Crippen molar-refractivity contribution in [1.29, 1.82) is 0 Å². The Bertz CT molecular complexity index is 268. The number of aromatic amines is 1. The van der Waals surface area contributed by atoms with E-state index in [0.29, 0.717) is 19.1 Å². The summed E-state index contributed by atoms with van der Waals surface area (Å²) < 4.78 is 5.04. The molecule has 0 bridgehead atoms. The molecule has 4 heteroatoms. The first kappa shape index (κ1) is 10.2. The van der Waals surface area contributed by atoms with Crippen LogP contribution < -0.4 is 5.73 Å². The Labute approximate surface area is 78.5 Å². The third-order valence-electron chi connectivity index (χ3n) is 1.91. The van der Waals surface area contributed by atoms with Crippen molar-refractivity contribution in [2.45, 2.75) is 32.9 Å². The maximum Gasteiger partial charge on any atom is 0.109 e. The van der Waals surface area contributed by atoms with Gasteiger partial charge in [0.25, 0.3) is 0 Å². The molecule has 0 aliphatic carbocycles. The number of nitrogens with one attached hydrogen (secondary N) is 1. The van der Waals surface area contributed by atoms with Gasteiger partial charge in [-0.2, -0.15) is 0 Å². The van der Waals surface area contributed by atoms with E-state index in [2.05, 4.69) is 23.8 Å². The van der Waals surface area contributed by atoms with Gasteiger partial charge in [0.1, 0.15) is 5.82 Å². The molecule has 1 rings (SSSR count). The van der Waals surface area contributed by atoms with Crippen LogP contribution in [0.3, 0.4) is 0 Å². The average molecular weight is 183 g/mol. The van der Waals surface area contributed by atoms with Crippen LogP contribution in [-0.2, 0) is 17.9 Å². The number of H-pyrrole nitrogens is 1. The van der Waals surface area contributed by atoms with Crippen LogP contribution in [0.2, 0.25) is 0 Å². The van der Waals surface area contributed by atoms with Gasteiger partial charge in [-0.3, -0.25) is 0 Å². The van der Waals surface area contributed by atoms with Crippen molar-refractivity contribution in [3.8, 4) is 0 Å². The third kappa shape index (κ3) is 2.29. The zero-order valence-electron chi connectivity index (χ0n) is 8.42. The number of methoxy groups -OCH3 is 1. The summed E-state index contributed by atoms with van der Waals surface area (Å²) in [6.45, 7) is 5.19. The number of hydrogen-bond acceptors (Lipinski definition) is 3. The molecule has 0 amide bonds. The van der Waals surface area contributed by atoms with Gasteiger partial charge in [-0.1, -0.05) is 13.8 Å². The van der Waals surface area contributed by atoms with Crippen LogP contribution in [-0.4, -0.2) is 17.1 Å². The lowest BCUT2D eigenvalue weighted by Gasteiger charge is -1.98. The second-order valence-corrected chi connectivity index (χ2v) is 3.34. The van der Waals surface area contributed by atoms with Crippen molar-refractivity contribution < 1.29 is 4.74 Å². The first-order chi connectivity index (χ1) is 6.19. The third-order valence-corrected chi connectivity index (χ3v) is 1.91. The van der Waals surface area contributed by atoms with E-state index >= 15 is 0 Å². The summed E-state index contributed by atoms with van der Waals surface area (Å²) >= 11 is 0. The van der Waals surface area contributed by atoms with Gasteiger partial charge in [-0.15, -0.1) is 0 Å². The highest BCUT2D eigenvalue weighted by Crippen LogP contribution is 2.14. The molecule has 4 nitrogen and oxygen atoms in total. The van der Waals surface area contributed by atoms with Gasteiger partial charge in [0.2, 0.25) is 0 Å². The van der Waals surface area contributed by atoms with Crippen molar-refractivity contribution in [2.75, 3.05) is 7.11 Å². The maximum absolute atomic E-state index is 5.56. The highest BCUT2D eigenvalue weighted by Gasteiger charge is 2.10. The van der Waals surface area contributed by atoms with Crippen LogP contribution in [0, 0.1) is 0 Å². The summed E-state index contributed by atoms with van der Waals surface area (Å²) in [5.74, 6) is 1.38. The molecule has 0 aromatic carbocycles.